The number of aliphatic hydroxyl groups is 1. The van der Waals surface area contributed by atoms with Gasteiger partial charge in [-0.25, -0.2) is 13.1 Å². The highest BCUT2D eigenvalue weighted by atomic mass is 35.5. The number of nitrogens with zero attached hydrogens (tertiary/aromatic N) is 1. The number of aryl methyl sites for hydroxylation is 1. The number of aliphatic hydroxyl groups excluding tert-OH is 1. The van der Waals surface area contributed by atoms with Crippen molar-refractivity contribution < 1.29 is 13.5 Å². The Labute approximate surface area is 128 Å². The Kier molecular flexibility index (Phi) is 4.95. The summed E-state index contributed by atoms with van der Waals surface area (Å²) in [5.41, 5.74) is 1.91. The van der Waals surface area contributed by atoms with E-state index in [0.717, 1.165) is 5.69 Å². The molecule has 0 saturated carbocycles. The zero-order valence-electron chi connectivity index (χ0n) is 11.4. The quantitative estimate of drug-likeness (QED) is 0.881. The molecule has 0 bridgehead atoms. The minimum absolute atomic E-state index is 0.0524. The molecule has 2 rings (SSSR count). The summed E-state index contributed by atoms with van der Waals surface area (Å²) in [6.45, 7) is 1.66. The lowest BCUT2D eigenvalue weighted by atomic mass is 10.2. The van der Waals surface area contributed by atoms with Gasteiger partial charge in [-0.15, -0.1) is 0 Å². The Morgan fingerprint density at radius 1 is 1.29 bits per heavy atom. The second kappa shape index (κ2) is 6.53. The third kappa shape index (κ3) is 4.01. The van der Waals surface area contributed by atoms with Gasteiger partial charge in [0.15, 0.2) is 0 Å². The molecule has 1 aromatic heterocycles. The molecule has 5 nitrogen and oxygen atoms in total. The van der Waals surface area contributed by atoms with Crippen molar-refractivity contribution in [1.29, 1.82) is 0 Å². The van der Waals surface area contributed by atoms with Crippen LogP contribution in [0.15, 0.2) is 41.3 Å². The van der Waals surface area contributed by atoms with Gasteiger partial charge in [0.1, 0.15) is 4.90 Å². The number of hydrogen-bond donors (Lipinski definition) is 2. The van der Waals surface area contributed by atoms with Gasteiger partial charge in [-0.1, -0.05) is 23.7 Å². The van der Waals surface area contributed by atoms with Crippen molar-refractivity contribution in [2.24, 2.45) is 0 Å². The molecule has 2 N–H and O–H groups in total. The predicted octanol–water partition coefficient (Wildman–Crippen LogP) is 2.01. The monoisotopic (exact) mass is 326 g/mol. The highest BCUT2D eigenvalue weighted by Gasteiger charge is 2.18. The predicted molar refractivity (Wildman–Crippen MR) is 80.4 cm³/mol. The van der Waals surface area contributed by atoms with Gasteiger partial charge in [-0.05, 0) is 36.8 Å². The van der Waals surface area contributed by atoms with Crippen molar-refractivity contribution in [3.8, 4) is 0 Å². The fourth-order valence-electron chi connectivity index (χ4n) is 1.80. The molecule has 1 heterocycles. The van der Waals surface area contributed by atoms with Crippen molar-refractivity contribution in [3.05, 3.63) is 58.4 Å². The van der Waals surface area contributed by atoms with Crippen molar-refractivity contribution in [3.63, 3.8) is 0 Å². The van der Waals surface area contributed by atoms with Crippen LogP contribution in [-0.4, -0.2) is 18.5 Å². The van der Waals surface area contributed by atoms with E-state index in [4.69, 9.17) is 16.7 Å². The van der Waals surface area contributed by atoms with Gasteiger partial charge in [0.05, 0.1) is 23.9 Å². The normalized spacial score (nSPS) is 11.6. The molecule has 0 atom stereocenters. The third-order valence-electron chi connectivity index (χ3n) is 2.86. The first-order valence-corrected chi connectivity index (χ1v) is 8.10. The highest BCUT2D eigenvalue weighted by molar-refractivity contribution is 7.89. The van der Waals surface area contributed by atoms with Crippen LogP contribution in [0.25, 0.3) is 0 Å². The van der Waals surface area contributed by atoms with Gasteiger partial charge in [-0.2, -0.15) is 0 Å². The Balaban J connectivity index is 2.22. The number of halogens is 1. The van der Waals surface area contributed by atoms with Gasteiger partial charge < -0.3 is 5.11 Å². The topological polar surface area (TPSA) is 79.3 Å². The lowest BCUT2D eigenvalue weighted by molar-refractivity contribution is 0.281. The zero-order valence-corrected chi connectivity index (χ0v) is 12.9. The van der Waals surface area contributed by atoms with Crippen molar-refractivity contribution in [1.82, 2.24) is 9.71 Å². The molecular weight excluding hydrogens is 312 g/mol. The van der Waals surface area contributed by atoms with Crippen LogP contribution in [0.4, 0.5) is 0 Å². The summed E-state index contributed by atoms with van der Waals surface area (Å²) in [5.74, 6) is 0. The smallest absolute Gasteiger partial charge is 0.242 e. The molecule has 0 spiro atoms. The minimum Gasteiger partial charge on any atom is -0.392 e. The molecule has 7 heteroatoms. The second-order valence-corrected chi connectivity index (χ2v) is 6.66. The van der Waals surface area contributed by atoms with E-state index in [1.807, 2.05) is 19.1 Å². The van der Waals surface area contributed by atoms with Gasteiger partial charge in [0.2, 0.25) is 10.0 Å². The molecule has 0 radical (unpaired) electrons. The maximum absolute atomic E-state index is 12.3. The van der Waals surface area contributed by atoms with Gasteiger partial charge >= 0.3 is 0 Å². The first-order valence-electron chi connectivity index (χ1n) is 6.24. The van der Waals surface area contributed by atoms with Crippen LogP contribution >= 0.6 is 11.6 Å². The Morgan fingerprint density at radius 2 is 2.05 bits per heavy atom. The van der Waals surface area contributed by atoms with E-state index in [0.29, 0.717) is 11.3 Å². The van der Waals surface area contributed by atoms with E-state index in [9.17, 15) is 8.42 Å². The number of sulfonamides is 1. The minimum atomic E-state index is -3.77. The summed E-state index contributed by atoms with van der Waals surface area (Å²) >= 11 is 5.93. The maximum Gasteiger partial charge on any atom is 0.242 e. The van der Waals surface area contributed by atoms with E-state index in [2.05, 4.69) is 9.71 Å². The van der Waals surface area contributed by atoms with Gasteiger partial charge in [0.25, 0.3) is 0 Å². The van der Waals surface area contributed by atoms with Crippen molar-refractivity contribution in [2.75, 3.05) is 0 Å². The lowest BCUT2D eigenvalue weighted by Gasteiger charge is -2.09. The molecule has 21 heavy (non-hydrogen) atoms. The number of aromatic nitrogens is 1. The number of benzene rings is 1. The van der Waals surface area contributed by atoms with Crippen LogP contribution in [0.5, 0.6) is 0 Å². The number of hydrogen-bond acceptors (Lipinski definition) is 4. The Bertz CT molecular complexity index is 748. The highest BCUT2D eigenvalue weighted by Crippen LogP contribution is 2.22. The van der Waals surface area contributed by atoms with Gasteiger partial charge in [-0.3, -0.25) is 4.98 Å². The summed E-state index contributed by atoms with van der Waals surface area (Å²) in [6, 6.07) is 9.76. The Morgan fingerprint density at radius 3 is 2.71 bits per heavy atom. The second-order valence-electron chi connectivity index (χ2n) is 4.52. The van der Waals surface area contributed by atoms with Crippen molar-refractivity contribution >= 4 is 21.6 Å². The summed E-state index contributed by atoms with van der Waals surface area (Å²) in [6.07, 6.45) is 0. The Hall–Kier alpha value is -1.47. The van der Waals surface area contributed by atoms with Crippen LogP contribution in [0.1, 0.15) is 17.0 Å². The molecule has 112 valence electrons. The van der Waals surface area contributed by atoms with Crippen LogP contribution in [0.3, 0.4) is 0 Å². The van der Waals surface area contributed by atoms with E-state index >= 15 is 0 Å². The van der Waals surface area contributed by atoms with Crippen LogP contribution in [0.2, 0.25) is 5.02 Å². The zero-order chi connectivity index (χ0) is 15.5. The molecule has 0 aliphatic heterocycles. The lowest BCUT2D eigenvalue weighted by Crippen LogP contribution is -2.24. The molecule has 1 aromatic carbocycles. The third-order valence-corrected chi connectivity index (χ3v) is 4.74. The largest absolute Gasteiger partial charge is 0.392 e. The SMILES string of the molecule is Cc1cccc(CNS(=O)(=O)c2cc(CO)ccc2Cl)n1. The molecular formula is C14H15ClN2O3S. The van der Waals surface area contributed by atoms with E-state index < -0.39 is 10.0 Å². The van der Waals surface area contributed by atoms with Crippen LogP contribution in [0, 0.1) is 6.92 Å². The van der Waals surface area contributed by atoms with Crippen molar-refractivity contribution in [2.45, 2.75) is 25.0 Å². The average Bonchev–Trinajstić information content (AvgIpc) is 2.46. The average molecular weight is 327 g/mol. The number of rotatable bonds is 5. The summed E-state index contributed by atoms with van der Waals surface area (Å²) < 4.78 is 27.0. The van der Waals surface area contributed by atoms with E-state index in [1.165, 1.54) is 12.1 Å². The molecule has 0 amide bonds. The van der Waals surface area contributed by atoms with Crippen LogP contribution in [-0.2, 0) is 23.2 Å². The van der Waals surface area contributed by atoms with E-state index in [-0.39, 0.29) is 23.1 Å². The van der Waals surface area contributed by atoms with Gasteiger partial charge in [0, 0.05) is 5.69 Å². The molecule has 0 unspecified atom stereocenters. The molecule has 0 saturated heterocycles. The summed E-state index contributed by atoms with van der Waals surface area (Å²) in [7, 11) is -3.77. The number of pyridine rings is 1. The summed E-state index contributed by atoms with van der Waals surface area (Å²) in [5, 5.41) is 9.20. The first-order chi connectivity index (χ1) is 9.92. The van der Waals surface area contributed by atoms with E-state index in [1.54, 1.807) is 12.1 Å². The number of nitrogens with one attached hydrogen (secondary N) is 1. The fourth-order valence-corrected chi connectivity index (χ4v) is 3.34. The fraction of sp³-hybridized carbons (Fsp3) is 0.214. The first kappa shape index (κ1) is 15.9. The molecule has 0 aliphatic rings. The van der Waals surface area contributed by atoms with Crippen LogP contribution < -0.4 is 4.72 Å². The molecule has 0 aliphatic carbocycles. The molecule has 2 aromatic rings. The molecule has 0 fully saturated rings. The standard InChI is InChI=1S/C14H15ClN2O3S/c1-10-3-2-4-12(17-10)8-16-21(19,20)14-7-11(9-18)5-6-13(14)15/h2-7,16,18H,8-9H2,1H3. The summed E-state index contributed by atoms with van der Waals surface area (Å²) in [4.78, 5) is 4.17. The maximum atomic E-state index is 12.3.